The van der Waals surface area contributed by atoms with Crippen molar-refractivity contribution in [3.05, 3.63) is 33.7 Å². The Labute approximate surface area is 114 Å². The molecule has 6 heteroatoms. The zero-order valence-electron chi connectivity index (χ0n) is 9.31. The predicted octanol–water partition coefficient (Wildman–Crippen LogP) is 3.57. The Hall–Kier alpha value is -0.780. The van der Waals surface area contributed by atoms with Crippen molar-refractivity contribution in [1.82, 2.24) is 9.97 Å². The zero-order chi connectivity index (χ0) is 12.1. The maximum Gasteiger partial charge on any atom is 0.130 e. The van der Waals surface area contributed by atoms with Crippen molar-refractivity contribution in [2.24, 2.45) is 0 Å². The number of hydrogen-bond donors (Lipinski definition) is 1. The first-order chi connectivity index (χ1) is 8.28. The Bertz CT molecular complexity index is 487. The van der Waals surface area contributed by atoms with Crippen LogP contribution in [0.25, 0.3) is 0 Å². The summed E-state index contributed by atoms with van der Waals surface area (Å²) in [7, 11) is 0. The smallest absolute Gasteiger partial charge is 0.130 e. The molecule has 1 N–H and O–H groups in total. The molecular formula is C11H12ClN3S2. The number of rotatable bonds is 5. The van der Waals surface area contributed by atoms with E-state index in [0.29, 0.717) is 0 Å². The molecule has 0 unspecified atom stereocenters. The van der Waals surface area contributed by atoms with Gasteiger partial charge < -0.3 is 5.32 Å². The number of aromatic nitrogens is 2. The maximum absolute atomic E-state index is 5.87. The Morgan fingerprint density at radius 2 is 2.29 bits per heavy atom. The lowest BCUT2D eigenvalue weighted by atomic mass is 10.3. The van der Waals surface area contributed by atoms with E-state index < -0.39 is 0 Å². The highest BCUT2D eigenvalue weighted by molar-refractivity contribution is 7.98. The van der Waals surface area contributed by atoms with E-state index in [1.54, 1.807) is 29.4 Å². The van der Waals surface area contributed by atoms with E-state index in [-0.39, 0.29) is 0 Å². The summed E-state index contributed by atoms with van der Waals surface area (Å²) in [6.07, 6.45) is 4.53. The van der Waals surface area contributed by atoms with Crippen molar-refractivity contribution in [1.29, 1.82) is 0 Å². The maximum atomic E-state index is 5.87. The Kier molecular flexibility index (Phi) is 4.65. The highest BCUT2D eigenvalue weighted by atomic mass is 35.5. The molecule has 0 radical (unpaired) electrons. The van der Waals surface area contributed by atoms with Gasteiger partial charge in [0.05, 0.1) is 4.34 Å². The van der Waals surface area contributed by atoms with Crippen LogP contribution in [-0.2, 0) is 6.42 Å². The van der Waals surface area contributed by atoms with Crippen LogP contribution in [0.4, 0.5) is 5.82 Å². The van der Waals surface area contributed by atoms with Gasteiger partial charge in [0.2, 0.25) is 0 Å². The lowest BCUT2D eigenvalue weighted by Crippen LogP contribution is -2.05. The van der Waals surface area contributed by atoms with Crippen LogP contribution >= 0.6 is 34.7 Å². The second kappa shape index (κ2) is 6.23. The third-order valence-electron chi connectivity index (χ3n) is 2.16. The molecule has 0 aliphatic carbocycles. The van der Waals surface area contributed by atoms with Gasteiger partial charge in [0.1, 0.15) is 17.2 Å². The molecule has 0 bridgehead atoms. The van der Waals surface area contributed by atoms with Gasteiger partial charge in [0.15, 0.2) is 0 Å². The molecule has 0 aromatic carbocycles. The van der Waals surface area contributed by atoms with Gasteiger partial charge in [-0.1, -0.05) is 11.6 Å². The number of halogens is 1. The van der Waals surface area contributed by atoms with Gasteiger partial charge in [-0.3, -0.25) is 0 Å². The van der Waals surface area contributed by atoms with Gasteiger partial charge >= 0.3 is 0 Å². The molecule has 2 rings (SSSR count). The summed E-state index contributed by atoms with van der Waals surface area (Å²) >= 11 is 9.10. The molecule has 2 aromatic rings. The zero-order valence-corrected chi connectivity index (χ0v) is 11.7. The number of anilines is 1. The molecule has 0 saturated heterocycles. The molecule has 0 fully saturated rings. The van der Waals surface area contributed by atoms with Crippen LogP contribution in [0.5, 0.6) is 0 Å². The Balaban J connectivity index is 1.85. The third-order valence-corrected chi connectivity index (χ3v) is 4.09. The van der Waals surface area contributed by atoms with E-state index in [0.717, 1.165) is 28.1 Å². The van der Waals surface area contributed by atoms with Crippen molar-refractivity contribution < 1.29 is 0 Å². The van der Waals surface area contributed by atoms with E-state index in [1.165, 1.54) is 4.88 Å². The minimum Gasteiger partial charge on any atom is -0.370 e. The predicted molar refractivity (Wildman–Crippen MR) is 75.3 cm³/mol. The van der Waals surface area contributed by atoms with Crippen LogP contribution in [0.1, 0.15) is 4.88 Å². The quantitative estimate of drug-likeness (QED) is 0.673. The van der Waals surface area contributed by atoms with Crippen molar-refractivity contribution in [3.63, 3.8) is 0 Å². The topological polar surface area (TPSA) is 37.8 Å². The van der Waals surface area contributed by atoms with Crippen LogP contribution < -0.4 is 5.32 Å². The lowest BCUT2D eigenvalue weighted by molar-refractivity contribution is 0.992. The molecule has 0 atom stereocenters. The first kappa shape index (κ1) is 12.7. The summed E-state index contributed by atoms with van der Waals surface area (Å²) in [6, 6.07) is 5.94. The van der Waals surface area contributed by atoms with Gasteiger partial charge in [-0.15, -0.1) is 23.1 Å². The van der Waals surface area contributed by atoms with Gasteiger partial charge in [-0.05, 0) is 24.8 Å². The highest BCUT2D eigenvalue weighted by Crippen LogP contribution is 2.21. The third kappa shape index (κ3) is 3.87. The molecule has 0 aliphatic rings. The lowest BCUT2D eigenvalue weighted by Gasteiger charge is -2.04. The average Bonchev–Trinajstić information content (AvgIpc) is 2.75. The van der Waals surface area contributed by atoms with E-state index in [9.17, 15) is 0 Å². The number of nitrogens with zero attached hydrogens (tertiary/aromatic N) is 2. The molecule has 0 saturated carbocycles. The molecule has 17 heavy (non-hydrogen) atoms. The number of hydrogen-bond acceptors (Lipinski definition) is 5. The number of thiophene rings is 1. The van der Waals surface area contributed by atoms with E-state index >= 15 is 0 Å². The molecule has 0 amide bonds. The number of nitrogens with one attached hydrogen (secondary N) is 1. The summed E-state index contributed by atoms with van der Waals surface area (Å²) in [6.45, 7) is 0.849. The molecule has 0 aliphatic heterocycles. The van der Waals surface area contributed by atoms with Crippen molar-refractivity contribution >= 4 is 40.5 Å². The molecule has 0 spiro atoms. The standard InChI is InChI=1S/C11H12ClN3S2/c1-16-11-6-10(14-7-15-11)13-5-4-8-2-3-9(12)17-8/h2-3,6-7H,4-5H2,1H3,(H,13,14,15). The van der Waals surface area contributed by atoms with Gasteiger partial charge in [0.25, 0.3) is 0 Å². The molecule has 2 aromatic heterocycles. The van der Waals surface area contributed by atoms with E-state index in [1.807, 2.05) is 18.4 Å². The van der Waals surface area contributed by atoms with Crippen molar-refractivity contribution in [2.75, 3.05) is 18.1 Å². The summed E-state index contributed by atoms with van der Waals surface area (Å²) in [4.78, 5) is 9.57. The van der Waals surface area contributed by atoms with Crippen LogP contribution in [0.3, 0.4) is 0 Å². The fourth-order valence-electron chi connectivity index (χ4n) is 1.35. The first-order valence-electron chi connectivity index (χ1n) is 5.12. The molecule has 2 heterocycles. The normalized spacial score (nSPS) is 10.5. The van der Waals surface area contributed by atoms with E-state index in [4.69, 9.17) is 11.6 Å². The molecule has 3 nitrogen and oxygen atoms in total. The minimum absolute atomic E-state index is 0.840. The molecule has 90 valence electrons. The van der Waals surface area contributed by atoms with E-state index in [2.05, 4.69) is 21.4 Å². The fraction of sp³-hybridized carbons (Fsp3) is 0.273. The average molecular weight is 286 g/mol. The minimum atomic E-state index is 0.840. The second-order valence-corrected chi connectivity index (χ2v) is 5.95. The van der Waals surface area contributed by atoms with Crippen LogP contribution in [0.2, 0.25) is 4.34 Å². The van der Waals surface area contributed by atoms with Crippen LogP contribution in [-0.4, -0.2) is 22.8 Å². The molecular weight excluding hydrogens is 274 g/mol. The van der Waals surface area contributed by atoms with Crippen LogP contribution in [0.15, 0.2) is 29.6 Å². The first-order valence-corrected chi connectivity index (χ1v) is 7.54. The van der Waals surface area contributed by atoms with Crippen LogP contribution in [0, 0.1) is 0 Å². The fourth-order valence-corrected chi connectivity index (χ4v) is 2.82. The van der Waals surface area contributed by atoms with Crippen molar-refractivity contribution in [3.8, 4) is 0 Å². The Morgan fingerprint density at radius 1 is 1.41 bits per heavy atom. The van der Waals surface area contributed by atoms with Gasteiger partial charge in [0, 0.05) is 17.5 Å². The SMILES string of the molecule is CSc1cc(NCCc2ccc(Cl)s2)ncn1. The highest BCUT2D eigenvalue weighted by Gasteiger charge is 1.99. The summed E-state index contributed by atoms with van der Waals surface area (Å²) in [5.74, 6) is 0.868. The summed E-state index contributed by atoms with van der Waals surface area (Å²) in [5, 5.41) is 4.25. The largest absolute Gasteiger partial charge is 0.370 e. The van der Waals surface area contributed by atoms with Gasteiger partial charge in [-0.25, -0.2) is 9.97 Å². The summed E-state index contributed by atoms with van der Waals surface area (Å²) < 4.78 is 0.840. The monoisotopic (exact) mass is 285 g/mol. The second-order valence-electron chi connectivity index (χ2n) is 3.33. The number of thioether (sulfide) groups is 1. The Morgan fingerprint density at radius 3 is 3.00 bits per heavy atom. The van der Waals surface area contributed by atoms with Crippen molar-refractivity contribution in [2.45, 2.75) is 11.4 Å². The summed E-state index contributed by atoms with van der Waals surface area (Å²) in [5.41, 5.74) is 0. The van der Waals surface area contributed by atoms with Gasteiger partial charge in [-0.2, -0.15) is 0 Å².